The third kappa shape index (κ3) is 3.76. The average Bonchev–Trinajstić information content (AvgIpc) is 2.27. The van der Waals surface area contributed by atoms with E-state index in [1.54, 1.807) is 0 Å². The summed E-state index contributed by atoms with van der Waals surface area (Å²) in [6, 6.07) is 0. The highest BCUT2D eigenvalue weighted by Crippen LogP contribution is 2.26. The van der Waals surface area contributed by atoms with Crippen LogP contribution < -0.4 is 10.6 Å². The van der Waals surface area contributed by atoms with Crippen molar-refractivity contribution in [3.05, 3.63) is 0 Å². The van der Waals surface area contributed by atoms with Crippen molar-refractivity contribution < 1.29 is 9.90 Å². The second-order valence-electron chi connectivity index (χ2n) is 4.75. The molecule has 1 unspecified atom stereocenters. The van der Waals surface area contributed by atoms with Gasteiger partial charge in [-0.1, -0.05) is 13.3 Å². The number of amides is 1. The molecule has 1 fully saturated rings. The molecule has 0 aromatic heterocycles. The molecule has 0 spiro atoms. The van der Waals surface area contributed by atoms with Crippen LogP contribution in [0.1, 0.15) is 46.0 Å². The summed E-state index contributed by atoms with van der Waals surface area (Å²) in [4.78, 5) is 11.2. The summed E-state index contributed by atoms with van der Waals surface area (Å²) in [5.41, 5.74) is -1.02. The largest absolute Gasteiger partial charge is 0.371 e. The summed E-state index contributed by atoms with van der Waals surface area (Å²) in [6.45, 7) is 5.36. The van der Waals surface area contributed by atoms with Crippen molar-refractivity contribution in [2.24, 2.45) is 5.92 Å². The van der Waals surface area contributed by atoms with E-state index in [1.807, 2.05) is 0 Å². The Morgan fingerprint density at radius 1 is 1.62 bits per heavy atom. The second-order valence-corrected chi connectivity index (χ2v) is 4.75. The SMILES string of the molecule is CCCCC(O)(NC(C)=O)[C@@H]1CCCNC1. The molecular formula is C12H24N2O2. The van der Waals surface area contributed by atoms with Crippen molar-refractivity contribution >= 4 is 5.91 Å². The molecule has 16 heavy (non-hydrogen) atoms. The average molecular weight is 228 g/mol. The molecule has 0 radical (unpaired) electrons. The number of hydrogen-bond acceptors (Lipinski definition) is 3. The van der Waals surface area contributed by atoms with E-state index in [0.29, 0.717) is 6.42 Å². The van der Waals surface area contributed by atoms with E-state index in [4.69, 9.17) is 0 Å². The third-order valence-corrected chi connectivity index (χ3v) is 3.28. The van der Waals surface area contributed by atoms with Crippen molar-refractivity contribution in [1.29, 1.82) is 0 Å². The van der Waals surface area contributed by atoms with Gasteiger partial charge in [0.25, 0.3) is 0 Å². The number of unbranched alkanes of at least 4 members (excludes halogenated alkanes) is 1. The predicted octanol–water partition coefficient (Wildman–Crippen LogP) is 1.00. The maximum Gasteiger partial charge on any atom is 0.219 e. The van der Waals surface area contributed by atoms with Gasteiger partial charge >= 0.3 is 0 Å². The Hall–Kier alpha value is -0.610. The molecule has 1 rings (SSSR count). The molecule has 1 saturated heterocycles. The molecule has 2 atom stereocenters. The quantitative estimate of drug-likeness (QED) is 0.615. The lowest BCUT2D eigenvalue weighted by Crippen LogP contribution is -2.57. The van der Waals surface area contributed by atoms with Crippen LogP contribution in [0.15, 0.2) is 0 Å². The number of rotatable bonds is 5. The van der Waals surface area contributed by atoms with Crippen molar-refractivity contribution in [2.75, 3.05) is 13.1 Å². The first-order valence-electron chi connectivity index (χ1n) is 6.30. The Labute approximate surface area is 97.8 Å². The van der Waals surface area contributed by atoms with Gasteiger partial charge in [-0.15, -0.1) is 0 Å². The fraction of sp³-hybridized carbons (Fsp3) is 0.917. The molecule has 94 valence electrons. The van der Waals surface area contributed by atoms with Crippen molar-refractivity contribution in [1.82, 2.24) is 10.6 Å². The Kier molecular flexibility index (Phi) is 5.22. The molecule has 3 N–H and O–H groups in total. The second kappa shape index (κ2) is 6.21. The standard InChI is InChI=1S/C12H24N2O2/c1-3-4-7-12(16,14-10(2)15)11-6-5-8-13-9-11/h11,13,16H,3-9H2,1-2H3,(H,14,15)/t11-,12?/m1/s1. The summed E-state index contributed by atoms with van der Waals surface area (Å²) in [6.07, 6.45) is 4.66. The highest BCUT2D eigenvalue weighted by molar-refractivity contribution is 5.73. The lowest BCUT2D eigenvalue weighted by atomic mass is 9.85. The van der Waals surface area contributed by atoms with Gasteiger partial charge in [-0.05, 0) is 32.2 Å². The minimum atomic E-state index is -1.02. The van der Waals surface area contributed by atoms with Gasteiger partial charge in [-0.25, -0.2) is 0 Å². The van der Waals surface area contributed by atoms with Crippen molar-refractivity contribution in [2.45, 2.75) is 51.7 Å². The summed E-state index contributed by atoms with van der Waals surface area (Å²) in [5.74, 6) is -0.0131. The Morgan fingerprint density at radius 3 is 2.88 bits per heavy atom. The molecule has 0 aromatic carbocycles. The molecule has 0 saturated carbocycles. The summed E-state index contributed by atoms with van der Waals surface area (Å²) in [5, 5.41) is 16.6. The molecule has 1 amide bonds. The van der Waals surface area contributed by atoms with E-state index in [0.717, 1.165) is 38.8 Å². The third-order valence-electron chi connectivity index (χ3n) is 3.28. The maximum absolute atomic E-state index is 11.2. The first-order valence-corrected chi connectivity index (χ1v) is 6.30. The summed E-state index contributed by atoms with van der Waals surface area (Å²) < 4.78 is 0. The number of piperidine rings is 1. The van der Waals surface area contributed by atoms with Crippen LogP contribution >= 0.6 is 0 Å². The van der Waals surface area contributed by atoms with Crippen LogP contribution in [0.3, 0.4) is 0 Å². The van der Waals surface area contributed by atoms with Crippen LogP contribution in [0.2, 0.25) is 0 Å². The van der Waals surface area contributed by atoms with Gasteiger partial charge in [0.2, 0.25) is 5.91 Å². The Bertz CT molecular complexity index is 227. The van der Waals surface area contributed by atoms with Crippen LogP contribution in [0.25, 0.3) is 0 Å². The monoisotopic (exact) mass is 228 g/mol. The van der Waals surface area contributed by atoms with E-state index in [-0.39, 0.29) is 11.8 Å². The van der Waals surface area contributed by atoms with Crippen LogP contribution in [0, 0.1) is 5.92 Å². The zero-order chi connectivity index (χ0) is 12.0. The lowest BCUT2D eigenvalue weighted by Gasteiger charge is -2.39. The Morgan fingerprint density at radius 2 is 2.38 bits per heavy atom. The molecule has 4 nitrogen and oxygen atoms in total. The van der Waals surface area contributed by atoms with Gasteiger partial charge in [0.05, 0.1) is 0 Å². The smallest absolute Gasteiger partial charge is 0.219 e. The first-order chi connectivity index (χ1) is 7.58. The molecule has 0 bridgehead atoms. The fourth-order valence-electron chi connectivity index (χ4n) is 2.38. The van der Waals surface area contributed by atoms with Gasteiger partial charge in [0.1, 0.15) is 5.72 Å². The molecule has 1 heterocycles. The fourth-order valence-corrected chi connectivity index (χ4v) is 2.38. The number of carbonyl (C=O) groups is 1. The normalized spacial score (nSPS) is 24.8. The van der Waals surface area contributed by atoms with Crippen LogP contribution in [0.4, 0.5) is 0 Å². The molecule has 0 aliphatic carbocycles. The van der Waals surface area contributed by atoms with E-state index >= 15 is 0 Å². The topological polar surface area (TPSA) is 61.4 Å². The van der Waals surface area contributed by atoms with E-state index in [1.165, 1.54) is 6.92 Å². The van der Waals surface area contributed by atoms with Gasteiger partial charge in [0, 0.05) is 19.4 Å². The minimum absolute atomic E-state index is 0.136. The van der Waals surface area contributed by atoms with Gasteiger partial charge in [-0.2, -0.15) is 0 Å². The molecule has 4 heteroatoms. The van der Waals surface area contributed by atoms with Crippen LogP contribution in [-0.2, 0) is 4.79 Å². The van der Waals surface area contributed by atoms with Gasteiger partial charge in [-0.3, -0.25) is 4.79 Å². The number of carbonyl (C=O) groups excluding carboxylic acids is 1. The van der Waals surface area contributed by atoms with E-state index in [2.05, 4.69) is 17.6 Å². The Balaban J connectivity index is 2.62. The number of nitrogens with one attached hydrogen (secondary N) is 2. The summed E-state index contributed by atoms with van der Waals surface area (Å²) in [7, 11) is 0. The zero-order valence-electron chi connectivity index (χ0n) is 10.4. The minimum Gasteiger partial charge on any atom is -0.371 e. The molecule has 1 aliphatic rings. The van der Waals surface area contributed by atoms with Crippen LogP contribution in [0.5, 0.6) is 0 Å². The highest BCUT2D eigenvalue weighted by atomic mass is 16.3. The number of hydrogen-bond donors (Lipinski definition) is 3. The molecular weight excluding hydrogens is 204 g/mol. The van der Waals surface area contributed by atoms with Crippen molar-refractivity contribution in [3.8, 4) is 0 Å². The predicted molar refractivity (Wildman–Crippen MR) is 63.9 cm³/mol. The van der Waals surface area contributed by atoms with Gasteiger partial charge < -0.3 is 15.7 Å². The zero-order valence-corrected chi connectivity index (χ0v) is 10.4. The maximum atomic E-state index is 11.2. The van der Waals surface area contributed by atoms with E-state index < -0.39 is 5.72 Å². The lowest BCUT2D eigenvalue weighted by molar-refractivity contribution is -0.133. The number of aliphatic hydroxyl groups is 1. The summed E-state index contributed by atoms with van der Waals surface area (Å²) >= 11 is 0. The van der Waals surface area contributed by atoms with E-state index in [9.17, 15) is 9.90 Å². The highest BCUT2D eigenvalue weighted by Gasteiger charge is 2.37. The van der Waals surface area contributed by atoms with Gasteiger partial charge in [0.15, 0.2) is 0 Å². The molecule has 0 aromatic rings. The first kappa shape index (κ1) is 13.5. The molecule has 1 aliphatic heterocycles. The van der Waals surface area contributed by atoms with Crippen molar-refractivity contribution in [3.63, 3.8) is 0 Å². The van der Waals surface area contributed by atoms with Crippen LogP contribution in [-0.4, -0.2) is 29.8 Å².